The van der Waals surface area contributed by atoms with E-state index >= 15 is 0 Å². The molecule has 0 fully saturated rings. The number of hydrogen-bond acceptors (Lipinski definition) is 2. The topological polar surface area (TPSA) is 42.0 Å². The number of hydrogen-bond donors (Lipinski definition) is 1. The molecule has 0 spiro atoms. The van der Waals surface area contributed by atoms with Crippen LogP contribution in [0.2, 0.25) is 0 Å². The van der Waals surface area contributed by atoms with Crippen LogP contribution < -0.4 is 5.32 Å². The summed E-state index contributed by atoms with van der Waals surface area (Å²) in [5, 5.41) is 3.83. The summed E-state index contributed by atoms with van der Waals surface area (Å²) < 4.78 is 0. The Balaban J connectivity index is 2.13. The first-order chi connectivity index (χ1) is 9.22. The standard InChI is InChI=1S/C15H17ClN2O/c1-11(6-8-16)10-18-15(19)13-7-9-17-14-5-3-2-4-12(13)14/h2-5,7,9,11H,6,8,10H2,1H3,(H,18,19). The molecule has 1 aromatic heterocycles. The normalized spacial score (nSPS) is 12.3. The molecule has 2 aromatic rings. The maximum absolute atomic E-state index is 12.2. The molecule has 0 aliphatic heterocycles. The molecule has 0 bridgehead atoms. The molecular weight excluding hydrogens is 260 g/mol. The van der Waals surface area contributed by atoms with Crippen molar-refractivity contribution in [1.82, 2.24) is 10.3 Å². The molecule has 1 atom stereocenters. The zero-order chi connectivity index (χ0) is 13.7. The maximum Gasteiger partial charge on any atom is 0.252 e. The molecule has 4 heteroatoms. The predicted molar refractivity (Wildman–Crippen MR) is 78.6 cm³/mol. The highest BCUT2D eigenvalue weighted by Gasteiger charge is 2.11. The van der Waals surface area contributed by atoms with Crippen LogP contribution in [0.1, 0.15) is 23.7 Å². The molecular formula is C15H17ClN2O. The predicted octanol–water partition coefficient (Wildman–Crippen LogP) is 3.23. The molecule has 1 aromatic carbocycles. The van der Waals surface area contributed by atoms with Gasteiger partial charge < -0.3 is 5.32 Å². The van der Waals surface area contributed by atoms with Crippen LogP contribution in [0.25, 0.3) is 10.9 Å². The lowest BCUT2D eigenvalue weighted by atomic mass is 10.1. The third-order valence-corrected chi connectivity index (χ3v) is 3.32. The number of nitrogens with zero attached hydrogens (tertiary/aromatic N) is 1. The number of fused-ring (bicyclic) bond motifs is 1. The molecule has 0 saturated carbocycles. The third kappa shape index (κ3) is 3.44. The highest BCUT2D eigenvalue weighted by molar-refractivity contribution is 6.17. The van der Waals surface area contributed by atoms with Crippen molar-refractivity contribution in [3.8, 4) is 0 Å². The second-order valence-corrected chi connectivity index (χ2v) is 5.05. The van der Waals surface area contributed by atoms with E-state index in [0.717, 1.165) is 17.3 Å². The molecule has 1 N–H and O–H groups in total. The largest absolute Gasteiger partial charge is 0.352 e. The average Bonchev–Trinajstić information content (AvgIpc) is 2.44. The maximum atomic E-state index is 12.2. The second kappa shape index (κ2) is 6.53. The first-order valence-electron chi connectivity index (χ1n) is 6.40. The van der Waals surface area contributed by atoms with Gasteiger partial charge in [0.15, 0.2) is 0 Å². The van der Waals surface area contributed by atoms with Crippen molar-refractivity contribution < 1.29 is 4.79 Å². The van der Waals surface area contributed by atoms with Crippen molar-refractivity contribution in [3.63, 3.8) is 0 Å². The van der Waals surface area contributed by atoms with E-state index in [2.05, 4.69) is 17.2 Å². The number of para-hydroxylation sites is 1. The Morgan fingerprint density at radius 2 is 2.16 bits per heavy atom. The first-order valence-corrected chi connectivity index (χ1v) is 6.93. The Kier molecular flexibility index (Phi) is 4.74. The van der Waals surface area contributed by atoms with Crippen molar-refractivity contribution >= 4 is 28.4 Å². The SMILES string of the molecule is CC(CCCl)CNC(=O)c1ccnc2ccccc12. The van der Waals surface area contributed by atoms with Crippen LogP contribution in [0.4, 0.5) is 0 Å². The van der Waals surface area contributed by atoms with E-state index in [4.69, 9.17) is 11.6 Å². The molecule has 1 unspecified atom stereocenters. The summed E-state index contributed by atoms with van der Waals surface area (Å²) in [7, 11) is 0. The number of pyridine rings is 1. The number of benzene rings is 1. The summed E-state index contributed by atoms with van der Waals surface area (Å²) in [4.78, 5) is 16.4. The second-order valence-electron chi connectivity index (χ2n) is 4.67. The minimum Gasteiger partial charge on any atom is -0.352 e. The molecule has 0 saturated heterocycles. The lowest BCUT2D eigenvalue weighted by Crippen LogP contribution is -2.28. The van der Waals surface area contributed by atoms with Crippen LogP contribution in [0.5, 0.6) is 0 Å². The number of carbonyl (C=O) groups is 1. The van der Waals surface area contributed by atoms with Crippen LogP contribution in [0, 0.1) is 5.92 Å². The Labute approximate surface area is 118 Å². The summed E-state index contributed by atoms with van der Waals surface area (Å²) in [5.41, 5.74) is 1.51. The molecule has 0 radical (unpaired) electrons. The Bertz CT molecular complexity index is 566. The van der Waals surface area contributed by atoms with E-state index in [1.807, 2.05) is 24.3 Å². The van der Waals surface area contributed by atoms with Crippen molar-refractivity contribution in [2.75, 3.05) is 12.4 Å². The van der Waals surface area contributed by atoms with Gasteiger partial charge >= 0.3 is 0 Å². The van der Waals surface area contributed by atoms with Crippen molar-refractivity contribution in [2.24, 2.45) is 5.92 Å². The van der Waals surface area contributed by atoms with E-state index in [0.29, 0.717) is 23.9 Å². The number of amides is 1. The molecule has 1 amide bonds. The van der Waals surface area contributed by atoms with Crippen LogP contribution in [-0.4, -0.2) is 23.3 Å². The summed E-state index contributed by atoms with van der Waals surface area (Å²) in [6, 6.07) is 9.40. The van der Waals surface area contributed by atoms with Crippen molar-refractivity contribution in [2.45, 2.75) is 13.3 Å². The van der Waals surface area contributed by atoms with Crippen molar-refractivity contribution in [3.05, 3.63) is 42.1 Å². The van der Waals surface area contributed by atoms with Gasteiger partial charge in [-0.25, -0.2) is 0 Å². The molecule has 100 valence electrons. The Hall–Kier alpha value is -1.61. The lowest BCUT2D eigenvalue weighted by Gasteiger charge is -2.12. The monoisotopic (exact) mass is 276 g/mol. The van der Waals surface area contributed by atoms with Gasteiger partial charge in [-0.2, -0.15) is 0 Å². The number of aromatic nitrogens is 1. The molecule has 3 nitrogen and oxygen atoms in total. The quantitative estimate of drug-likeness (QED) is 0.852. The van der Waals surface area contributed by atoms with Gasteiger partial charge in [-0.1, -0.05) is 25.1 Å². The first kappa shape index (κ1) is 13.8. The van der Waals surface area contributed by atoms with E-state index in [9.17, 15) is 4.79 Å². The van der Waals surface area contributed by atoms with Gasteiger partial charge in [-0.3, -0.25) is 9.78 Å². The van der Waals surface area contributed by atoms with Gasteiger partial charge in [-0.15, -0.1) is 11.6 Å². The highest BCUT2D eigenvalue weighted by Crippen LogP contribution is 2.16. The number of nitrogens with one attached hydrogen (secondary N) is 1. The number of halogens is 1. The van der Waals surface area contributed by atoms with Crippen molar-refractivity contribution in [1.29, 1.82) is 0 Å². The average molecular weight is 277 g/mol. The minimum atomic E-state index is -0.0555. The van der Waals surface area contributed by atoms with Crippen LogP contribution in [-0.2, 0) is 0 Å². The summed E-state index contributed by atoms with van der Waals surface area (Å²) in [6.45, 7) is 2.72. The van der Waals surface area contributed by atoms with Gasteiger partial charge in [0.1, 0.15) is 0 Å². The van der Waals surface area contributed by atoms with E-state index < -0.39 is 0 Å². The number of carbonyl (C=O) groups excluding carboxylic acids is 1. The lowest BCUT2D eigenvalue weighted by molar-refractivity contribution is 0.0949. The van der Waals surface area contributed by atoms with E-state index in [-0.39, 0.29) is 5.91 Å². The Morgan fingerprint density at radius 3 is 2.95 bits per heavy atom. The number of rotatable bonds is 5. The summed E-state index contributed by atoms with van der Waals surface area (Å²) in [6.07, 6.45) is 2.57. The van der Waals surface area contributed by atoms with Crippen LogP contribution in [0.3, 0.4) is 0 Å². The molecule has 1 heterocycles. The third-order valence-electron chi connectivity index (χ3n) is 3.11. The molecule has 19 heavy (non-hydrogen) atoms. The minimum absolute atomic E-state index is 0.0555. The van der Waals surface area contributed by atoms with E-state index in [1.165, 1.54) is 0 Å². The smallest absolute Gasteiger partial charge is 0.252 e. The molecule has 2 rings (SSSR count). The van der Waals surface area contributed by atoms with E-state index in [1.54, 1.807) is 12.3 Å². The summed E-state index contributed by atoms with van der Waals surface area (Å²) >= 11 is 5.69. The van der Waals surface area contributed by atoms with Crippen LogP contribution >= 0.6 is 11.6 Å². The molecule has 0 aliphatic rings. The molecule has 0 aliphatic carbocycles. The van der Waals surface area contributed by atoms with Gasteiger partial charge in [0.25, 0.3) is 5.91 Å². The zero-order valence-electron chi connectivity index (χ0n) is 10.9. The highest BCUT2D eigenvalue weighted by atomic mass is 35.5. The van der Waals surface area contributed by atoms with Gasteiger partial charge in [0.05, 0.1) is 11.1 Å². The fraction of sp³-hybridized carbons (Fsp3) is 0.333. The van der Waals surface area contributed by atoms with Gasteiger partial charge in [0.2, 0.25) is 0 Å². The fourth-order valence-corrected chi connectivity index (χ4v) is 2.32. The zero-order valence-corrected chi connectivity index (χ0v) is 11.7. The van der Waals surface area contributed by atoms with Gasteiger partial charge in [0, 0.05) is 24.0 Å². The van der Waals surface area contributed by atoms with Gasteiger partial charge in [-0.05, 0) is 24.5 Å². The van der Waals surface area contributed by atoms with Crippen LogP contribution in [0.15, 0.2) is 36.5 Å². The summed E-state index contributed by atoms with van der Waals surface area (Å²) in [5.74, 6) is 0.949. The Morgan fingerprint density at radius 1 is 1.37 bits per heavy atom. The fourth-order valence-electron chi connectivity index (χ4n) is 1.94. The number of alkyl halides is 1.